The normalized spacial score (nSPS) is 10.3. The minimum Gasteiger partial charge on any atom is -0.256 e. The lowest BCUT2D eigenvalue weighted by Gasteiger charge is -2.06. The number of halogens is 3. The summed E-state index contributed by atoms with van der Waals surface area (Å²) in [6.07, 6.45) is 1.69. The molecule has 0 aliphatic rings. The fraction of sp³-hybridized carbons (Fsp3) is 0. The summed E-state index contributed by atoms with van der Waals surface area (Å²) in [7, 11) is 0. The zero-order valence-corrected chi connectivity index (χ0v) is 9.81. The van der Waals surface area contributed by atoms with Gasteiger partial charge in [-0.25, -0.2) is 0 Å². The van der Waals surface area contributed by atoms with Crippen LogP contribution in [-0.4, -0.2) is 4.98 Å². The van der Waals surface area contributed by atoms with E-state index in [1.165, 1.54) is 0 Å². The Balaban J connectivity index is 2.64. The summed E-state index contributed by atoms with van der Waals surface area (Å²) in [5.74, 6) is 0. The lowest BCUT2D eigenvalue weighted by atomic mass is 10.1. The molecule has 0 saturated heterocycles. The molecular weight excluding hydrogens is 252 g/mol. The van der Waals surface area contributed by atoms with Gasteiger partial charge in [0.15, 0.2) is 0 Å². The number of benzene rings is 1. The summed E-state index contributed by atoms with van der Waals surface area (Å²) >= 11 is 17.9. The molecule has 0 amide bonds. The third-order valence-electron chi connectivity index (χ3n) is 1.93. The Labute approximate surface area is 103 Å². The van der Waals surface area contributed by atoms with E-state index in [-0.39, 0.29) is 0 Å². The average molecular weight is 259 g/mol. The van der Waals surface area contributed by atoms with Crippen LogP contribution < -0.4 is 0 Å². The number of hydrogen-bond donors (Lipinski definition) is 0. The predicted molar refractivity (Wildman–Crippen MR) is 64.7 cm³/mol. The van der Waals surface area contributed by atoms with Crippen molar-refractivity contribution in [2.24, 2.45) is 0 Å². The predicted octanol–water partition coefficient (Wildman–Crippen LogP) is 4.71. The molecule has 0 saturated carbocycles. The van der Waals surface area contributed by atoms with E-state index in [9.17, 15) is 0 Å². The van der Waals surface area contributed by atoms with E-state index in [2.05, 4.69) is 4.98 Å². The maximum Gasteiger partial charge on any atom is 0.0731 e. The van der Waals surface area contributed by atoms with Gasteiger partial charge in [-0.15, -0.1) is 0 Å². The monoisotopic (exact) mass is 257 g/mol. The van der Waals surface area contributed by atoms with E-state index in [4.69, 9.17) is 34.8 Å². The third kappa shape index (κ3) is 2.25. The molecule has 0 N–H and O–H groups in total. The van der Waals surface area contributed by atoms with Gasteiger partial charge in [0.05, 0.1) is 15.7 Å². The van der Waals surface area contributed by atoms with Crippen LogP contribution in [0.25, 0.3) is 11.3 Å². The summed E-state index contributed by atoms with van der Waals surface area (Å²) < 4.78 is 0. The van der Waals surface area contributed by atoms with Crippen molar-refractivity contribution < 1.29 is 0 Å². The minimum atomic E-state index is 0.506. The highest BCUT2D eigenvalue weighted by molar-refractivity contribution is 6.41. The van der Waals surface area contributed by atoms with Crippen LogP contribution in [0.15, 0.2) is 36.5 Å². The molecule has 4 heteroatoms. The smallest absolute Gasteiger partial charge is 0.0731 e. The van der Waals surface area contributed by atoms with E-state index in [0.717, 1.165) is 5.69 Å². The van der Waals surface area contributed by atoms with Gasteiger partial charge in [0, 0.05) is 16.8 Å². The summed E-state index contributed by atoms with van der Waals surface area (Å²) in [5.41, 5.74) is 1.45. The molecule has 0 aliphatic carbocycles. The third-order valence-corrected chi connectivity index (χ3v) is 2.74. The zero-order chi connectivity index (χ0) is 10.8. The van der Waals surface area contributed by atoms with Crippen molar-refractivity contribution in [2.75, 3.05) is 0 Å². The maximum absolute atomic E-state index is 6.06. The van der Waals surface area contributed by atoms with Gasteiger partial charge in [-0.1, -0.05) is 40.9 Å². The minimum absolute atomic E-state index is 0.506. The molecule has 0 bridgehead atoms. The SMILES string of the molecule is Clc1cc(Cl)c(-c2ccccn2)c(Cl)c1. The number of hydrogen-bond acceptors (Lipinski definition) is 1. The number of aromatic nitrogens is 1. The second-order valence-electron chi connectivity index (χ2n) is 2.96. The Morgan fingerprint density at radius 2 is 1.60 bits per heavy atom. The topological polar surface area (TPSA) is 12.9 Å². The summed E-state index contributed by atoms with van der Waals surface area (Å²) in [6, 6.07) is 8.86. The Hall–Kier alpha value is -0.760. The van der Waals surface area contributed by atoms with Crippen molar-refractivity contribution in [2.45, 2.75) is 0 Å². The molecule has 15 heavy (non-hydrogen) atoms. The summed E-state index contributed by atoms with van der Waals surface area (Å²) in [6.45, 7) is 0. The molecule has 0 spiro atoms. The van der Waals surface area contributed by atoms with Crippen LogP contribution in [0.1, 0.15) is 0 Å². The van der Waals surface area contributed by atoms with Gasteiger partial charge in [-0.3, -0.25) is 4.98 Å². The molecule has 1 aromatic carbocycles. The lowest BCUT2D eigenvalue weighted by Crippen LogP contribution is -1.85. The van der Waals surface area contributed by atoms with Gasteiger partial charge in [0.1, 0.15) is 0 Å². The van der Waals surface area contributed by atoms with Crippen LogP contribution in [0.4, 0.5) is 0 Å². The van der Waals surface area contributed by atoms with Gasteiger partial charge in [-0.05, 0) is 24.3 Å². The van der Waals surface area contributed by atoms with Gasteiger partial charge < -0.3 is 0 Å². The van der Waals surface area contributed by atoms with E-state index >= 15 is 0 Å². The molecule has 0 atom stereocenters. The number of nitrogens with zero attached hydrogens (tertiary/aromatic N) is 1. The van der Waals surface area contributed by atoms with Crippen LogP contribution in [0.2, 0.25) is 15.1 Å². The molecule has 1 nitrogen and oxygen atoms in total. The molecule has 0 aliphatic heterocycles. The van der Waals surface area contributed by atoms with Crippen LogP contribution >= 0.6 is 34.8 Å². The first-order valence-electron chi connectivity index (χ1n) is 4.24. The second-order valence-corrected chi connectivity index (χ2v) is 4.21. The molecule has 0 unspecified atom stereocenters. The highest BCUT2D eigenvalue weighted by Gasteiger charge is 2.10. The highest BCUT2D eigenvalue weighted by atomic mass is 35.5. The molecular formula is C11H6Cl3N. The molecule has 1 aromatic heterocycles. The average Bonchev–Trinajstić information content (AvgIpc) is 2.17. The van der Waals surface area contributed by atoms with Crippen LogP contribution in [0.3, 0.4) is 0 Å². The molecule has 0 radical (unpaired) electrons. The van der Waals surface area contributed by atoms with Crippen LogP contribution in [0.5, 0.6) is 0 Å². The fourth-order valence-corrected chi connectivity index (χ4v) is 2.31. The van der Waals surface area contributed by atoms with Crippen molar-refractivity contribution >= 4 is 34.8 Å². The van der Waals surface area contributed by atoms with Gasteiger partial charge in [-0.2, -0.15) is 0 Å². The first kappa shape index (κ1) is 10.7. The molecule has 2 aromatic rings. The molecule has 2 rings (SSSR count). The summed E-state index contributed by atoms with van der Waals surface area (Å²) in [4.78, 5) is 4.19. The van der Waals surface area contributed by atoms with Crippen LogP contribution in [0, 0.1) is 0 Å². The number of rotatable bonds is 1. The van der Waals surface area contributed by atoms with Gasteiger partial charge in [0.2, 0.25) is 0 Å². The molecule has 76 valence electrons. The second kappa shape index (κ2) is 4.40. The molecule has 0 fully saturated rings. The first-order chi connectivity index (χ1) is 7.18. The van der Waals surface area contributed by atoms with Crippen LogP contribution in [-0.2, 0) is 0 Å². The Morgan fingerprint density at radius 1 is 0.933 bits per heavy atom. The molecule has 1 heterocycles. The standard InChI is InChI=1S/C11H6Cl3N/c12-7-5-8(13)11(9(14)6-7)10-3-1-2-4-15-10/h1-6H. The highest BCUT2D eigenvalue weighted by Crippen LogP contribution is 2.35. The van der Waals surface area contributed by atoms with E-state index in [0.29, 0.717) is 20.6 Å². The van der Waals surface area contributed by atoms with E-state index in [1.54, 1.807) is 18.3 Å². The van der Waals surface area contributed by atoms with Crippen molar-refractivity contribution in [3.8, 4) is 11.3 Å². The van der Waals surface area contributed by atoms with E-state index in [1.807, 2.05) is 18.2 Å². The van der Waals surface area contributed by atoms with Crippen molar-refractivity contribution in [1.82, 2.24) is 4.98 Å². The van der Waals surface area contributed by atoms with Crippen molar-refractivity contribution in [3.05, 3.63) is 51.6 Å². The largest absolute Gasteiger partial charge is 0.256 e. The van der Waals surface area contributed by atoms with Crippen molar-refractivity contribution in [3.63, 3.8) is 0 Å². The van der Waals surface area contributed by atoms with E-state index < -0.39 is 0 Å². The lowest BCUT2D eigenvalue weighted by molar-refractivity contribution is 1.33. The Bertz CT molecular complexity index is 459. The zero-order valence-electron chi connectivity index (χ0n) is 7.55. The van der Waals surface area contributed by atoms with Gasteiger partial charge in [0.25, 0.3) is 0 Å². The van der Waals surface area contributed by atoms with Crippen molar-refractivity contribution in [1.29, 1.82) is 0 Å². The first-order valence-corrected chi connectivity index (χ1v) is 5.38. The Morgan fingerprint density at radius 3 is 2.13 bits per heavy atom. The Kier molecular flexibility index (Phi) is 3.15. The fourth-order valence-electron chi connectivity index (χ4n) is 1.30. The summed E-state index contributed by atoms with van der Waals surface area (Å²) in [5, 5.41) is 1.53. The van der Waals surface area contributed by atoms with Gasteiger partial charge >= 0.3 is 0 Å². The number of pyridine rings is 1. The maximum atomic E-state index is 6.06. The quantitative estimate of drug-likeness (QED) is 0.722.